The highest BCUT2D eigenvalue weighted by Gasteiger charge is 2.44. The van der Waals surface area contributed by atoms with Crippen molar-refractivity contribution in [2.24, 2.45) is 11.8 Å². The summed E-state index contributed by atoms with van der Waals surface area (Å²) in [6.45, 7) is 2.10. The molecule has 1 saturated carbocycles. The van der Waals surface area contributed by atoms with Gasteiger partial charge in [0.15, 0.2) is 11.5 Å². The maximum atomic E-state index is 14.3. The second-order valence-electron chi connectivity index (χ2n) is 10.4. The van der Waals surface area contributed by atoms with Crippen molar-refractivity contribution in [3.63, 3.8) is 0 Å². The average Bonchev–Trinajstić information content (AvgIpc) is 3.66. The van der Waals surface area contributed by atoms with Gasteiger partial charge in [-0.05, 0) is 67.3 Å². The SMILES string of the molecule is O=S(=O)(c1cc2ccccc2nc1N1C[C@H]2CC(O)C[C@H]2C1)N1CCCC1c1ccc2c(c1)OCO2. The smallest absolute Gasteiger partial charge is 0.247 e. The first kappa shape index (κ1) is 22.3. The van der Waals surface area contributed by atoms with E-state index in [1.54, 1.807) is 10.4 Å². The van der Waals surface area contributed by atoms with Crippen molar-refractivity contribution in [2.75, 3.05) is 31.3 Å². The highest BCUT2D eigenvalue weighted by molar-refractivity contribution is 7.89. The lowest BCUT2D eigenvalue weighted by Crippen LogP contribution is -2.33. The molecule has 0 radical (unpaired) electrons. The summed E-state index contributed by atoms with van der Waals surface area (Å²) in [5.74, 6) is 2.63. The Morgan fingerprint density at radius 3 is 2.58 bits per heavy atom. The van der Waals surface area contributed by atoms with Crippen LogP contribution in [0.1, 0.15) is 37.3 Å². The Morgan fingerprint density at radius 2 is 1.75 bits per heavy atom. The molecule has 0 spiro atoms. The molecule has 1 N–H and O–H groups in total. The van der Waals surface area contributed by atoms with Crippen molar-refractivity contribution in [3.05, 3.63) is 54.1 Å². The van der Waals surface area contributed by atoms with Gasteiger partial charge in [-0.2, -0.15) is 4.31 Å². The molecule has 36 heavy (non-hydrogen) atoms. The van der Waals surface area contributed by atoms with Crippen LogP contribution >= 0.6 is 0 Å². The predicted octanol–water partition coefficient (Wildman–Crippen LogP) is 3.70. The van der Waals surface area contributed by atoms with Gasteiger partial charge < -0.3 is 19.5 Å². The Labute approximate surface area is 210 Å². The number of hydrogen-bond acceptors (Lipinski definition) is 7. The molecule has 4 aliphatic rings. The first-order valence-corrected chi connectivity index (χ1v) is 14.2. The summed E-state index contributed by atoms with van der Waals surface area (Å²) in [6.07, 6.45) is 2.84. The zero-order chi connectivity index (χ0) is 24.4. The zero-order valence-corrected chi connectivity index (χ0v) is 20.7. The van der Waals surface area contributed by atoms with Crippen LogP contribution < -0.4 is 14.4 Å². The van der Waals surface area contributed by atoms with E-state index in [0.717, 1.165) is 55.2 Å². The third-order valence-corrected chi connectivity index (χ3v) is 10.2. The van der Waals surface area contributed by atoms with Gasteiger partial charge in [-0.25, -0.2) is 13.4 Å². The molecule has 7 rings (SSSR count). The van der Waals surface area contributed by atoms with Crippen molar-refractivity contribution < 1.29 is 23.0 Å². The van der Waals surface area contributed by atoms with Gasteiger partial charge in [0.1, 0.15) is 10.7 Å². The van der Waals surface area contributed by atoms with Gasteiger partial charge in [0.2, 0.25) is 16.8 Å². The number of hydrogen-bond donors (Lipinski definition) is 1. The fourth-order valence-corrected chi connectivity index (χ4v) is 8.42. The third-order valence-electron chi connectivity index (χ3n) is 8.27. The number of fused-ring (bicyclic) bond motifs is 3. The molecule has 8 nitrogen and oxygen atoms in total. The maximum absolute atomic E-state index is 14.3. The highest BCUT2D eigenvalue weighted by Crippen LogP contribution is 2.45. The van der Waals surface area contributed by atoms with E-state index in [-0.39, 0.29) is 23.8 Å². The molecule has 4 atom stereocenters. The van der Waals surface area contributed by atoms with E-state index in [1.807, 2.05) is 42.5 Å². The molecule has 9 heteroatoms. The quantitative estimate of drug-likeness (QED) is 0.576. The van der Waals surface area contributed by atoms with Gasteiger partial charge in [0.05, 0.1) is 17.7 Å². The number of ether oxygens (including phenoxy) is 2. The van der Waals surface area contributed by atoms with Crippen LogP contribution in [0.2, 0.25) is 0 Å². The van der Waals surface area contributed by atoms with Crippen molar-refractivity contribution in [1.29, 1.82) is 0 Å². The number of para-hydroxylation sites is 1. The Bertz CT molecular complexity index is 1430. The molecule has 4 heterocycles. The molecule has 2 saturated heterocycles. The summed E-state index contributed by atoms with van der Waals surface area (Å²) in [7, 11) is -3.84. The van der Waals surface area contributed by atoms with Crippen LogP contribution in [-0.4, -0.2) is 55.3 Å². The van der Waals surface area contributed by atoms with Crippen LogP contribution in [0.25, 0.3) is 10.9 Å². The van der Waals surface area contributed by atoms with Crippen LogP contribution in [0, 0.1) is 11.8 Å². The van der Waals surface area contributed by atoms with Crippen LogP contribution in [-0.2, 0) is 10.0 Å². The number of pyridine rings is 1. The van der Waals surface area contributed by atoms with Gasteiger partial charge in [-0.15, -0.1) is 0 Å². The Hall–Kier alpha value is -2.88. The molecule has 0 amide bonds. The van der Waals surface area contributed by atoms with Crippen molar-refractivity contribution in [3.8, 4) is 11.5 Å². The number of aliphatic hydroxyl groups is 1. The molecular formula is C27H29N3O5S. The number of sulfonamides is 1. The maximum Gasteiger partial charge on any atom is 0.247 e. The molecule has 3 aliphatic heterocycles. The Morgan fingerprint density at radius 1 is 0.972 bits per heavy atom. The minimum atomic E-state index is -3.84. The molecule has 3 fully saturated rings. The highest BCUT2D eigenvalue weighted by atomic mass is 32.2. The lowest BCUT2D eigenvalue weighted by Gasteiger charge is -2.28. The third kappa shape index (κ3) is 3.55. The first-order valence-electron chi connectivity index (χ1n) is 12.7. The summed E-state index contributed by atoms with van der Waals surface area (Å²) in [5.41, 5.74) is 1.71. The van der Waals surface area contributed by atoms with E-state index in [2.05, 4.69) is 4.90 Å². The van der Waals surface area contributed by atoms with Gasteiger partial charge in [-0.3, -0.25) is 0 Å². The number of benzene rings is 2. The summed E-state index contributed by atoms with van der Waals surface area (Å²) in [4.78, 5) is 7.31. The molecule has 3 aromatic rings. The Kier molecular flexibility index (Phi) is 5.16. The normalized spacial score (nSPS) is 27.8. The second-order valence-corrected chi connectivity index (χ2v) is 12.3. The van der Waals surface area contributed by atoms with Crippen molar-refractivity contribution in [2.45, 2.75) is 42.7 Å². The fraction of sp³-hybridized carbons (Fsp3) is 0.444. The minimum Gasteiger partial charge on any atom is -0.454 e. The van der Waals surface area contributed by atoms with E-state index < -0.39 is 10.0 Å². The summed E-state index contributed by atoms with van der Waals surface area (Å²) in [6, 6.07) is 14.9. The summed E-state index contributed by atoms with van der Waals surface area (Å²) in [5, 5.41) is 10.9. The summed E-state index contributed by atoms with van der Waals surface area (Å²) >= 11 is 0. The molecule has 188 valence electrons. The van der Waals surface area contributed by atoms with Crippen LogP contribution in [0.15, 0.2) is 53.4 Å². The van der Waals surface area contributed by atoms with E-state index >= 15 is 0 Å². The van der Waals surface area contributed by atoms with Crippen molar-refractivity contribution >= 4 is 26.7 Å². The van der Waals surface area contributed by atoms with Crippen molar-refractivity contribution in [1.82, 2.24) is 9.29 Å². The largest absolute Gasteiger partial charge is 0.454 e. The monoisotopic (exact) mass is 507 g/mol. The van der Waals surface area contributed by atoms with Gasteiger partial charge in [-0.1, -0.05) is 24.3 Å². The Balaban J connectivity index is 1.29. The number of anilines is 1. The zero-order valence-electron chi connectivity index (χ0n) is 19.9. The minimum absolute atomic E-state index is 0.187. The average molecular weight is 508 g/mol. The van der Waals surface area contributed by atoms with E-state index in [4.69, 9.17) is 14.5 Å². The fourth-order valence-electron chi connectivity index (χ4n) is 6.55. The van der Waals surface area contributed by atoms with Crippen LogP contribution in [0.5, 0.6) is 11.5 Å². The number of aromatic nitrogens is 1. The molecular weight excluding hydrogens is 478 g/mol. The lowest BCUT2D eigenvalue weighted by atomic mass is 10.0. The van der Waals surface area contributed by atoms with Crippen LogP contribution in [0.3, 0.4) is 0 Å². The van der Waals surface area contributed by atoms with Gasteiger partial charge >= 0.3 is 0 Å². The second kappa shape index (κ2) is 8.33. The molecule has 2 aromatic carbocycles. The standard InChI is InChI=1S/C27H29N3O5S/c31-21-10-19-14-29(15-20(19)11-21)27-26(13-17-4-1-2-5-22(17)28-27)36(32,33)30-9-3-6-23(30)18-7-8-24-25(12-18)35-16-34-24/h1-2,4-5,7-8,12-13,19-21,23,31H,3,6,9-11,14-16H2/t19-,20+,21?,23?. The van der Waals surface area contributed by atoms with E-state index in [0.29, 0.717) is 35.7 Å². The molecule has 1 aromatic heterocycles. The number of nitrogens with zero attached hydrogens (tertiary/aromatic N) is 3. The van der Waals surface area contributed by atoms with Gasteiger partial charge in [0, 0.05) is 25.0 Å². The number of aliphatic hydroxyl groups excluding tert-OH is 1. The summed E-state index contributed by atoms with van der Waals surface area (Å²) < 4.78 is 41.3. The number of rotatable bonds is 4. The molecule has 2 unspecified atom stereocenters. The van der Waals surface area contributed by atoms with Gasteiger partial charge in [0.25, 0.3) is 0 Å². The molecule has 1 aliphatic carbocycles. The van der Waals surface area contributed by atoms with E-state index in [1.165, 1.54) is 0 Å². The first-order chi connectivity index (χ1) is 17.5. The van der Waals surface area contributed by atoms with Crippen LogP contribution in [0.4, 0.5) is 5.82 Å². The topological polar surface area (TPSA) is 92.2 Å². The lowest BCUT2D eigenvalue weighted by molar-refractivity contribution is 0.173. The van der Waals surface area contributed by atoms with E-state index in [9.17, 15) is 13.5 Å². The molecule has 0 bridgehead atoms. The predicted molar refractivity (Wildman–Crippen MR) is 135 cm³/mol.